The fourth-order valence-corrected chi connectivity index (χ4v) is 1.99. The summed E-state index contributed by atoms with van der Waals surface area (Å²) in [6.45, 7) is 0. The van der Waals surface area contributed by atoms with Gasteiger partial charge in [-0.25, -0.2) is 0 Å². The molecule has 0 aromatic heterocycles. The second-order valence-corrected chi connectivity index (χ2v) is 4.45. The van der Waals surface area contributed by atoms with Gasteiger partial charge in [-0.3, -0.25) is 0 Å². The Labute approximate surface area is 133 Å². The molecular weight excluding hydrogens is 304 g/mol. The molecule has 0 aliphatic carbocycles. The van der Waals surface area contributed by atoms with Gasteiger partial charge in [-0.2, -0.15) is 0 Å². The van der Waals surface area contributed by atoms with Crippen molar-refractivity contribution in [2.45, 2.75) is 0 Å². The van der Waals surface area contributed by atoms with E-state index >= 15 is 0 Å². The summed E-state index contributed by atoms with van der Waals surface area (Å²) < 4.78 is 26.0. The van der Waals surface area contributed by atoms with Crippen LogP contribution in [-0.4, -0.2) is 38.7 Å². The molecule has 0 amide bonds. The van der Waals surface area contributed by atoms with Crippen molar-refractivity contribution in [1.29, 1.82) is 0 Å². The summed E-state index contributed by atoms with van der Waals surface area (Å²) in [5.41, 5.74) is 0. The summed E-state index contributed by atoms with van der Waals surface area (Å²) >= 11 is 0. The van der Waals surface area contributed by atoms with Crippen molar-refractivity contribution < 1.29 is 33.9 Å². The predicted octanol–water partition coefficient (Wildman–Crippen LogP) is 2.92. The second-order valence-electron chi connectivity index (χ2n) is 4.45. The van der Waals surface area contributed by atoms with Gasteiger partial charge in [0.25, 0.3) is 0 Å². The molecule has 0 fully saturated rings. The number of aromatic hydroxyl groups is 2. The molecule has 0 radical (unpaired) electrons. The van der Waals surface area contributed by atoms with E-state index in [1.165, 1.54) is 52.7 Å². The van der Waals surface area contributed by atoms with Crippen LogP contribution in [0.25, 0.3) is 0 Å². The van der Waals surface area contributed by atoms with E-state index in [4.69, 9.17) is 23.7 Å². The predicted molar refractivity (Wildman–Crippen MR) is 82.5 cm³/mol. The monoisotopic (exact) mass is 322 g/mol. The highest BCUT2D eigenvalue weighted by Crippen LogP contribution is 2.44. The number of rotatable bonds is 6. The van der Waals surface area contributed by atoms with Crippen LogP contribution < -0.4 is 23.7 Å². The average molecular weight is 322 g/mol. The second kappa shape index (κ2) is 6.87. The number of hydrogen-bond donors (Lipinski definition) is 2. The number of phenols is 2. The third-order valence-corrected chi connectivity index (χ3v) is 3.14. The van der Waals surface area contributed by atoms with Crippen LogP contribution in [-0.2, 0) is 0 Å². The van der Waals surface area contributed by atoms with Crippen molar-refractivity contribution in [2.75, 3.05) is 28.4 Å². The van der Waals surface area contributed by atoms with E-state index < -0.39 is 0 Å². The largest absolute Gasteiger partial charge is 0.502 e. The Balaban J connectivity index is 2.43. The Kier molecular flexibility index (Phi) is 4.90. The van der Waals surface area contributed by atoms with Gasteiger partial charge in [-0.05, 0) is 0 Å². The Bertz CT molecular complexity index is 587. The normalized spacial score (nSPS) is 10.1. The van der Waals surface area contributed by atoms with Gasteiger partial charge in [0.2, 0.25) is 11.5 Å². The Morgan fingerprint density at radius 3 is 1.04 bits per heavy atom. The van der Waals surface area contributed by atoms with Gasteiger partial charge in [0.15, 0.2) is 23.0 Å². The van der Waals surface area contributed by atoms with Crippen molar-refractivity contribution in [3.8, 4) is 46.0 Å². The van der Waals surface area contributed by atoms with Crippen molar-refractivity contribution >= 4 is 0 Å². The molecule has 2 N–H and O–H groups in total. The van der Waals surface area contributed by atoms with Crippen LogP contribution in [0.4, 0.5) is 0 Å². The molecule has 124 valence electrons. The minimum absolute atomic E-state index is 0.122. The van der Waals surface area contributed by atoms with Crippen LogP contribution in [0.1, 0.15) is 0 Å². The van der Waals surface area contributed by atoms with Gasteiger partial charge >= 0.3 is 0 Å². The molecule has 2 aromatic rings. The van der Waals surface area contributed by atoms with E-state index in [-0.39, 0.29) is 34.5 Å². The fourth-order valence-electron chi connectivity index (χ4n) is 1.99. The first-order valence-corrected chi connectivity index (χ1v) is 6.61. The Hall–Kier alpha value is -2.96. The molecule has 0 saturated carbocycles. The highest BCUT2D eigenvalue weighted by Gasteiger charge is 2.15. The van der Waals surface area contributed by atoms with E-state index in [0.29, 0.717) is 11.5 Å². The van der Waals surface area contributed by atoms with Crippen LogP contribution in [0.15, 0.2) is 24.3 Å². The molecule has 0 aliphatic rings. The molecule has 0 atom stereocenters. The Morgan fingerprint density at radius 2 is 0.826 bits per heavy atom. The van der Waals surface area contributed by atoms with Crippen molar-refractivity contribution in [2.24, 2.45) is 0 Å². The van der Waals surface area contributed by atoms with Gasteiger partial charge < -0.3 is 33.9 Å². The highest BCUT2D eigenvalue weighted by molar-refractivity contribution is 5.58. The maximum Gasteiger partial charge on any atom is 0.201 e. The minimum Gasteiger partial charge on any atom is -0.502 e. The van der Waals surface area contributed by atoms with Gasteiger partial charge in [-0.1, -0.05) is 0 Å². The minimum atomic E-state index is -0.122. The molecule has 0 heterocycles. The number of hydrogen-bond acceptors (Lipinski definition) is 7. The van der Waals surface area contributed by atoms with Crippen LogP contribution >= 0.6 is 0 Å². The SMILES string of the molecule is COc1cc(Oc2cc(OC)c(O)c(OC)c2)cc(OC)c1O. The maximum atomic E-state index is 9.90. The molecule has 0 saturated heterocycles. The summed E-state index contributed by atoms with van der Waals surface area (Å²) in [5, 5.41) is 19.8. The fraction of sp³-hybridized carbons (Fsp3) is 0.250. The first kappa shape index (κ1) is 16.4. The summed E-state index contributed by atoms with van der Waals surface area (Å²) in [6.07, 6.45) is 0. The number of phenolic OH excluding ortho intramolecular Hbond substituents is 2. The van der Waals surface area contributed by atoms with Crippen LogP contribution in [0.5, 0.6) is 46.0 Å². The molecule has 0 bridgehead atoms. The molecular formula is C16H18O7. The number of methoxy groups -OCH3 is 4. The zero-order valence-corrected chi connectivity index (χ0v) is 13.2. The maximum absolute atomic E-state index is 9.90. The molecule has 0 spiro atoms. The van der Waals surface area contributed by atoms with E-state index in [1.54, 1.807) is 0 Å². The molecule has 7 heteroatoms. The zero-order chi connectivity index (χ0) is 17.0. The van der Waals surface area contributed by atoms with Gasteiger partial charge in [0.05, 0.1) is 28.4 Å². The van der Waals surface area contributed by atoms with E-state index in [1.807, 2.05) is 0 Å². The van der Waals surface area contributed by atoms with Gasteiger partial charge in [0.1, 0.15) is 11.5 Å². The topological polar surface area (TPSA) is 86.6 Å². The van der Waals surface area contributed by atoms with Crippen molar-refractivity contribution in [3.63, 3.8) is 0 Å². The molecule has 0 aliphatic heterocycles. The first-order valence-electron chi connectivity index (χ1n) is 6.61. The van der Waals surface area contributed by atoms with Gasteiger partial charge in [-0.15, -0.1) is 0 Å². The Morgan fingerprint density at radius 1 is 0.565 bits per heavy atom. The van der Waals surface area contributed by atoms with E-state index in [9.17, 15) is 10.2 Å². The summed E-state index contributed by atoms with van der Waals surface area (Å²) in [5.74, 6) is 1.31. The quantitative estimate of drug-likeness (QED) is 0.845. The number of ether oxygens (including phenoxy) is 5. The number of benzene rings is 2. The highest BCUT2D eigenvalue weighted by atomic mass is 16.5. The zero-order valence-electron chi connectivity index (χ0n) is 13.2. The third kappa shape index (κ3) is 3.28. The molecule has 2 aromatic carbocycles. The third-order valence-electron chi connectivity index (χ3n) is 3.14. The lowest BCUT2D eigenvalue weighted by atomic mass is 10.2. The van der Waals surface area contributed by atoms with Crippen LogP contribution in [0.3, 0.4) is 0 Å². The molecule has 7 nitrogen and oxygen atoms in total. The molecule has 0 unspecified atom stereocenters. The summed E-state index contributed by atoms with van der Waals surface area (Å²) in [7, 11) is 5.69. The summed E-state index contributed by atoms with van der Waals surface area (Å²) in [6, 6.07) is 6.01. The van der Waals surface area contributed by atoms with Crippen molar-refractivity contribution in [3.05, 3.63) is 24.3 Å². The van der Waals surface area contributed by atoms with E-state index in [2.05, 4.69) is 0 Å². The van der Waals surface area contributed by atoms with E-state index in [0.717, 1.165) is 0 Å². The van der Waals surface area contributed by atoms with Crippen LogP contribution in [0.2, 0.25) is 0 Å². The van der Waals surface area contributed by atoms with Crippen molar-refractivity contribution in [1.82, 2.24) is 0 Å². The lowest BCUT2D eigenvalue weighted by Crippen LogP contribution is -1.94. The smallest absolute Gasteiger partial charge is 0.201 e. The average Bonchev–Trinajstić information content (AvgIpc) is 2.57. The van der Waals surface area contributed by atoms with Crippen LogP contribution in [0, 0.1) is 0 Å². The standard InChI is InChI=1S/C16H18O7/c1-19-11-5-9(6-12(20-2)15(11)17)23-10-7-13(21-3)16(18)14(8-10)22-4/h5-8,17-18H,1-4H3. The molecule has 2 rings (SSSR count). The van der Waals surface area contributed by atoms with Gasteiger partial charge in [0, 0.05) is 24.3 Å². The lowest BCUT2D eigenvalue weighted by molar-refractivity contribution is 0.331. The molecule has 23 heavy (non-hydrogen) atoms. The lowest BCUT2D eigenvalue weighted by Gasteiger charge is -2.14. The summed E-state index contributed by atoms with van der Waals surface area (Å²) in [4.78, 5) is 0. The first-order chi connectivity index (χ1) is 11.0.